The molecule has 1 fully saturated rings. The lowest BCUT2D eigenvalue weighted by atomic mass is 9.79. The minimum atomic E-state index is -1.02. The summed E-state index contributed by atoms with van der Waals surface area (Å²) in [5.41, 5.74) is 1.35. The van der Waals surface area contributed by atoms with Crippen molar-refractivity contribution in [3.63, 3.8) is 0 Å². The quantitative estimate of drug-likeness (QED) is 0.638. The monoisotopic (exact) mass is 482 g/mol. The molecule has 2 atom stereocenters. The lowest BCUT2D eigenvalue weighted by Gasteiger charge is -2.32. The third-order valence-corrected chi connectivity index (χ3v) is 6.61. The molecule has 0 bridgehead atoms. The van der Waals surface area contributed by atoms with E-state index in [1.807, 2.05) is 6.92 Å². The molecule has 1 aromatic carbocycles. The fourth-order valence-corrected chi connectivity index (χ4v) is 4.81. The molecule has 0 saturated carbocycles. The van der Waals surface area contributed by atoms with Gasteiger partial charge in [0.2, 0.25) is 11.6 Å². The molecule has 35 heavy (non-hydrogen) atoms. The number of benzene rings is 1. The van der Waals surface area contributed by atoms with Crippen LogP contribution in [0, 0.1) is 29.6 Å². The number of hydrogen-bond donors (Lipinski definition) is 1. The number of fused-ring (bicyclic) bond motifs is 1. The SMILES string of the molecule is COc1ccc(C2c3c(cc(C)n(CCN4CCOCC4)c3=O)OC(=N)C2C#N)c(OC)c1OC. The molecular formula is C25H30N4O6. The van der Waals surface area contributed by atoms with Crippen LogP contribution < -0.4 is 24.5 Å². The molecule has 0 spiro atoms. The molecular weight excluding hydrogens is 452 g/mol. The van der Waals surface area contributed by atoms with Crippen LogP contribution in [0.5, 0.6) is 23.0 Å². The van der Waals surface area contributed by atoms with Gasteiger partial charge in [-0.25, -0.2) is 0 Å². The summed E-state index contributed by atoms with van der Waals surface area (Å²) in [6.45, 7) is 6.03. The molecule has 2 unspecified atom stereocenters. The molecule has 1 saturated heterocycles. The molecule has 186 valence electrons. The maximum atomic E-state index is 13.9. The van der Waals surface area contributed by atoms with E-state index >= 15 is 0 Å². The predicted octanol–water partition coefficient (Wildman–Crippen LogP) is 2.16. The van der Waals surface area contributed by atoms with Crippen LogP contribution in [0.4, 0.5) is 0 Å². The van der Waals surface area contributed by atoms with Crippen molar-refractivity contribution in [3.8, 4) is 29.1 Å². The van der Waals surface area contributed by atoms with Crippen LogP contribution in [-0.4, -0.2) is 69.5 Å². The molecule has 2 aromatic rings. The number of nitrogens with zero attached hydrogens (tertiary/aromatic N) is 3. The van der Waals surface area contributed by atoms with Crippen molar-refractivity contribution in [3.05, 3.63) is 45.4 Å². The zero-order valence-electron chi connectivity index (χ0n) is 20.4. The van der Waals surface area contributed by atoms with Gasteiger partial charge in [0.05, 0.1) is 46.2 Å². The summed E-state index contributed by atoms with van der Waals surface area (Å²) in [7, 11) is 4.50. The number of aryl methyl sites for hydroxylation is 1. The Morgan fingerprint density at radius 2 is 1.83 bits per heavy atom. The van der Waals surface area contributed by atoms with E-state index in [0.29, 0.717) is 54.7 Å². The van der Waals surface area contributed by atoms with Crippen molar-refractivity contribution in [2.45, 2.75) is 19.4 Å². The molecule has 0 amide bonds. The molecule has 1 N–H and O–H groups in total. The van der Waals surface area contributed by atoms with E-state index in [1.165, 1.54) is 21.3 Å². The summed E-state index contributed by atoms with van der Waals surface area (Å²) in [6, 6.07) is 7.37. The Morgan fingerprint density at radius 1 is 1.11 bits per heavy atom. The van der Waals surface area contributed by atoms with Crippen LogP contribution in [0.15, 0.2) is 23.0 Å². The first-order chi connectivity index (χ1) is 16.9. The van der Waals surface area contributed by atoms with E-state index in [4.69, 9.17) is 29.1 Å². The standard InChI is InChI=1S/C25H30N4O6/c1-15-13-19-21(25(30)29(15)8-7-28-9-11-34-12-10-28)20(17(14-26)24(27)35-19)16-5-6-18(31-2)23(33-4)22(16)32-3/h5-6,13,17,20,27H,7-12H2,1-4H3. The van der Waals surface area contributed by atoms with Gasteiger partial charge >= 0.3 is 0 Å². The van der Waals surface area contributed by atoms with Crippen molar-refractivity contribution >= 4 is 5.90 Å². The zero-order chi connectivity index (χ0) is 25.1. The van der Waals surface area contributed by atoms with Crippen molar-refractivity contribution in [2.75, 3.05) is 54.2 Å². The van der Waals surface area contributed by atoms with Crippen molar-refractivity contribution in [1.82, 2.24) is 9.47 Å². The lowest BCUT2D eigenvalue weighted by molar-refractivity contribution is 0.0362. The number of nitrogens with one attached hydrogen (secondary N) is 1. The van der Waals surface area contributed by atoms with Crippen LogP contribution in [0.2, 0.25) is 0 Å². The highest BCUT2D eigenvalue weighted by Crippen LogP contribution is 2.49. The fourth-order valence-electron chi connectivity index (χ4n) is 4.81. The Hall–Kier alpha value is -3.55. The highest BCUT2D eigenvalue weighted by molar-refractivity contribution is 5.85. The Morgan fingerprint density at radius 3 is 2.46 bits per heavy atom. The topological polar surface area (TPSA) is 119 Å². The Bertz CT molecular complexity index is 1210. The van der Waals surface area contributed by atoms with Gasteiger partial charge in [-0.05, 0) is 13.0 Å². The third kappa shape index (κ3) is 4.45. The summed E-state index contributed by atoms with van der Waals surface area (Å²) in [5, 5.41) is 18.4. The van der Waals surface area contributed by atoms with E-state index in [1.54, 1.807) is 22.8 Å². The highest BCUT2D eigenvalue weighted by Gasteiger charge is 2.42. The first-order valence-electron chi connectivity index (χ1n) is 11.4. The number of methoxy groups -OCH3 is 3. The van der Waals surface area contributed by atoms with E-state index in [-0.39, 0.29) is 17.2 Å². The van der Waals surface area contributed by atoms with Crippen molar-refractivity contribution in [2.24, 2.45) is 5.92 Å². The van der Waals surface area contributed by atoms with Crippen molar-refractivity contribution < 1.29 is 23.7 Å². The van der Waals surface area contributed by atoms with Crippen LogP contribution >= 0.6 is 0 Å². The second kappa shape index (κ2) is 10.4. The first-order valence-corrected chi connectivity index (χ1v) is 11.4. The maximum Gasteiger partial charge on any atom is 0.258 e. The molecule has 10 heteroatoms. The Labute approximate surface area is 204 Å². The predicted molar refractivity (Wildman–Crippen MR) is 128 cm³/mol. The summed E-state index contributed by atoms with van der Waals surface area (Å²) < 4.78 is 29.4. The van der Waals surface area contributed by atoms with Crippen LogP contribution in [-0.2, 0) is 11.3 Å². The molecule has 0 radical (unpaired) electrons. The minimum Gasteiger partial charge on any atom is -0.493 e. The normalized spacial score (nSPS) is 19.9. The zero-order valence-corrected chi connectivity index (χ0v) is 20.4. The Balaban J connectivity index is 1.86. The number of ether oxygens (including phenoxy) is 5. The van der Waals surface area contributed by atoms with Gasteiger partial charge in [-0.2, -0.15) is 5.26 Å². The third-order valence-electron chi connectivity index (χ3n) is 6.61. The van der Waals surface area contributed by atoms with Gasteiger partial charge in [0.25, 0.3) is 5.56 Å². The van der Waals surface area contributed by atoms with Gasteiger partial charge in [-0.15, -0.1) is 0 Å². The summed E-state index contributed by atoms with van der Waals surface area (Å²) in [6.07, 6.45) is 0. The lowest BCUT2D eigenvalue weighted by Crippen LogP contribution is -2.41. The van der Waals surface area contributed by atoms with E-state index < -0.39 is 11.8 Å². The Kier molecular flexibility index (Phi) is 7.28. The molecule has 10 nitrogen and oxygen atoms in total. The summed E-state index contributed by atoms with van der Waals surface area (Å²) >= 11 is 0. The maximum absolute atomic E-state index is 13.9. The van der Waals surface area contributed by atoms with E-state index in [0.717, 1.165) is 18.8 Å². The van der Waals surface area contributed by atoms with Gasteiger partial charge in [0, 0.05) is 49.4 Å². The number of morpholine rings is 1. The largest absolute Gasteiger partial charge is 0.493 e. The molecule has 3 heterocycles. The first kappa shape index (κ1) is 24.6. The second-order valence-corrected chi connectivity index (χ2v) is 8.45. The molecule has 0 aliphatic carbocycles. The average Bonchev–Trinajstić information content (AvgIpc) is 2.87. The fraction of sp³-hybridized carbons (Fsp3) is 0.480. The van der Waals surface area contributed by atoms with Crippen LogP contribution in [0.1, 0.15) is 22.7 Å². The summed E-state index contributed by atoms with van der Waals surface area (Å²) in [4.78, 5) is 16.2. The van der Waals surface area contributed by atoms with Gasteiger partial charge in [0.15, 0.2) is 11.5 Å². The number of nitriles is 1. The van der Waals surface area contributed by atoms with Crippen LogP contribution in [0.3, 0.4) is 0 Å². The molecule has 2 aliphatic heterocycles. The number of rotatable bonds is 7. The van der Waals surface area contributed by atoms with E-state index in [9.17, 15) is 10.1 Å². The minimum absolute atomic E-state index is 0.216. The molecule has 1 aromatic heterocycles. The molecule has 4 rings (SSSR count). The van der Waals surface area contributed by atoms with E-state index in [2.05, 4.69) is 11.0 Å². The number of pyridine rings is 1. The smallest absolute Gasteiger partial charge is 0.258 e. The van der Waals surface area contributed by atoms with Gasteiger partial charge in [0.1, 0.15) is 11.7 Å². The van der Waals surface area contributed by atoms with Crippen LogP contribution in [0.25, 0.3) is 0 Å². The van der Waals surface area contributed by atoms with Gasteiger partial charge < -0.3 is 28.3 Å². The second-order valence-electron chi connectivity index (χ2n) is 8.45. The number of aromatic nitrogens is 1. The summed E-state index contributed by atoms with van der Waals surface area (Å²) in [5.74, 6) is -0.580. The van der Waals surface area contributed by atoms with Crippen molar-refractivity contribution in [1.29, 1.82) is 10.7 Å². The average molecular weight is 483 g/mol. The van der Waals surface area contributed by atoms with Gasteiger partial charge in [-0.3, -0.25) is 15.1 Å². The highest BCUT2D eigenvalue weighted by atomic mass is 16.5. The molecule has 2 aliphatic rings. The van der Waals surface area contributed by atoms with Gasteiger partial charge in [-0.1, -0.05) is 6.07 Å². The number of hydrogen-bond acceptors (Lipinski definition) is 9.